The monoisotopic (exact) mass is 666 g/mol. The minimum absolute atomic E-state index is 0. The number of pyridine rings is 1. The molecule has 0 aliphatic rings. The molecule has 2 aromatic carbocycles. The van der Waals surface area contributed by atoms with Crippen molar-refractivity contribution >= 4 is 28.4 Å². The highest BCUT2D eigenvalue weighted by Gasteiger charge is 2.24. The van der Waals surface area contributed by atoms with Crippen LogP contribution in [0.2, 0.25) is 0 Å². The van der Waals surface area contributed by atoms with Crippen molar-refractivity contribution in [2.75, 3.05) is 25.0 Å². The molecule has 0 radical (unpaired) electrons. The number of hydrogen-bond acceptors (Lipinski definition) is 7. The van der Waals surface area contributed by atoms with Crippen molar-refractivity contribution in [2.24, 2.45) is 17.2 Å². The Morgan fingerprint density at radius 3 is 2.12 bits per heavy atom. The topological polar surface area (TPSA) is 161 Å². The third kappa shape index (κ3) is 14.7. The zero-order valence-corrected chi connectivity index (χ0v) is 26.2. The smallest absolute Gasteiger partial charge is 0.247 e. The van der Waals surface area contributed by atoms with Crippen molar-refractivity contribution in [2.45, 2.75) is 43.8 Å². The van der Waals surface area contributed by atoms with Gasteiger partial charge in [-0.1, -0.05) is 48.5 Å². The summed E-state index contributed by atoms with van der Waals surface area (Å²) in [5, 5.41) is 9.92. The van der Waals surface area contributed by atoms with Gasteiger partial charge in [0, 0.05) is 24.5 Å². The summed E-state index contributed by atoms with van der Waals surface area (Å²) in [5.41, 5.74) is 19.9. The largest absolute Gasteiger partial charge is 1.00 e. The fourth-order valence-electron chi connectivity index (χ4n) is 3.89. The van der Waals surface area contributed by atoms with Gasteiger partial charge in [0.15, 0.2) is 0 Å². The van der Waals surface area contributed by atoms with Crippen LogP contribution in [0, 0.1) is 0 Å². The normalized spacial score (nSPS) is 11.3. The predicted octanol–water partition coefficient (Wildman–Crippen LogP) is -13.7. The number of halogens is 5. The fourth-order valence-corrected chi connectivity index (χ4v) is 3.89. The Kier molecular flexibility index (Phi) is 25.1. The Labute approximate surface area is 273 Å². The summed E-state index contributed by atoms with van der Waals surface area (Å²) in [7, 11) is 0. The molecule has 0 aliphatic carbocycles. The molecule has 0 saturated heterocycles. The number of nitrogens with one attached hydrogen (secondary N) is 3. The number of carbonyl (C=O) groups is 2. The highest BCUT2D eigenvalue weighted by molar-refractivity contribution is 5.98. The van der Waals surface area contributed by atoms with E-state index in [0.29, 0.717) is 51.0 Å². The van der Waals surface area contributed by atoms with Crippen LogP contribution in [-0.2, 0) is 16.0 Å². The lowest BCUT2D eigenvalue weighted by atomic mass is 10.0. The van der Waals surface area contributed by atoms with Crippen molar-refractivity contribution in [3.8, 4) is 0 Å². The number of carbonyl (C=O) groups excluding carboxylic acids is 2. The van der Waals surface area contributed by atoms with Crippen LogP contribution < -0.4 is 95.2 Å². The molecule has 1 heterocycles. The van der Waals surface area contributed by atoms with Crippen molar-refractivity contribution in [3.63, 3.8) is 0 Å². The maximum Gasteiger partial charge on any atom is 0.247 e. The molecular weight excluding hydrogens is 632 g/mol. The molecule has 0 bridgehead atoms. The Bertz CT molecular complexity index is 1130. The van der Waals surface area contributed by atoms with Crippen LogP contribution in [0.1, 0.15) is 24.8 Å². The van der Waals surface area contributed by atoms with Crippen LogP contribution in [0.15, 0.2) is 66.9 Å². The van der Waals surface area contributed by atoms with Crippen LogP contribution in [0.5, 0.6) is 0 Å². The van der Waals surface area contributed by atoms with Crippen LogP contribution in [0.3, 0.4) is 0 Å². The van der Waals surface area contributed by atoms with Crippen molar-refractivity contribution in [1.82, 2.24) is 15.6 Å². The second-order valence-electron chi connectivity index (χ2n) is 8.86. The van der Waals surface area contributed by atoms with Gasteiger partial charge in [0.2, 0.25) is 11.8 Å². The van der Waals surface area contributed by atoms with Crippen LogP contribution >= 0.6 is 0 Å². The average Bonchev–Trinajstić information content (AvgIpc) is 2.91. The Morgan fingerprint density at radius 2 is 1.46 bits per heavy atom. The van der Waals surface area contributed by atoms with E-state index in [2.05, 4.69) is 20.9 Å². The molecule has 0 fully saturated rings. The third-order valence-corrected chi connectivity index (χ3v) is 6.09. The van der Waals surface area contributed by atoms with Crippen molar-refractivity contribution in [3.05, 3.63) is 72.4 Å². The fraction of sp³-hybridized carbons (Fsp3) is 0.370. The van der Waals surface area contributed by atoms with Crippen LogP contribution in [0.4, 0.5) is 5.69 Å². The number of aryl methyl sites for hydroxylation is 1. The van der Waals surface area contributed by atoms with Gasteiger partial charge in [-0.25, -0.2) is 0 Å². The molecule has 2 atom stereocenters. The molecule has 2 amide bonds. The van der Waals surface area contributed by atoms with E-state index in [9.17, 15) is 9.59 Å². The molecule has 1 aromatic heterocycles. The Balaban J connectivity index is -0.00000289. The number of aromatic nitrogens is 1. The van der Waals surface area contributed by atoms with Gasteiger partial charge in [0.1, 0.15) is 6.04 Å². The first-order valence-corrected chi connectivity index (χ1v) is 12.4. The third-order valence-electron chi connectivity index (χ3n) is 6.09. The summed E-state index contributed by atoms with van der Waals surface area (Å²) in [4.78, 5) is 30.4. The van der Waals surface area contributed by atoms with Gasteiger partial charge in [-0.15, -0.1) is 0 Å². The van der Waals surface area contributed by atoms with E-state index < -0.39 is 12.1 Å². The maximum absolute atomic E-state index is 13.2. The summed E-state index contributed by atoms with van der Waals surface area (Å²) in [6.07, 6.45) is 3.85. The minimum Gasteiger partial charge on any atom is -1.00 e. The number of hydrogen-bond donors (Lipinski definition) is 6. The number of fused-ring (bicyclic) bond motifs is 1. The van der Waals surface area contributed by atoms with Crippen molar-refractivity contribution in [1.29, 1.82) is 0 Å². The van der Waals surface area contributed by atoms with E-state index in [1.807, 2.05) is 60.7 Å². The Hall–Kier alpha value is -1.92. The summed E-state index contributed by atoms with van der Waals surface area (Å²) in [6, 6.07) is 18.0. The predicted molar refractivity (Wildman–Crippen MR) is 144 cm³/mol. The van der Waals surface area contributed by atoms with E-state index >= 15 is 0 Å². The second-order valence-corrected chi connectivity index (χ2v) is 8.86. The highest BCUT2D eigenvalue weighted by atomic mass is 35.5. The molecule has 9 nitrogen and oxygen atoms in total. The molecule has 9 N–H and O–H groups in total. The lowest BCUT2D eigenvalue weighted by molar-refractivity contribution is -0.127. The number of nitrogens with zero attached hydrogens (tertiary/aromatic N) is 1. The van der Waals surface area contributed by atoms with Gasteiger partial charge in [-0.05, 0) is 49.9 Å². The first kappa shape index (κ1) is 43.5. The van der Waals surface area contributed by atoms with Crippen LogP contribution in [-0.4, -0.2) is 54.6 Å². The van der Waals surface area contributed by atoms with E-state index in [0.717, 1.165) is 16.5 Å². The SMILES string of the molecule is NCC(CN)NCCC[C@H](N)C(=O)N[C@@H](CCc1ccccc1)C(=O)Nc1cnc2ccccc2c1.[Cl-].[Cl-].[Cl-].[Cl-].[Cl-]. The summed E-state index contributed by atoms with van der Waals surface area (Å²) < 4.78 is 0. The number of rotatable bonds is 14. The standard InChI is InChI=1S/C27H37N7O2.5ClH/c28-16-22(17-29)31-14-6-10-23(30)26(35)34-25(13-12-19-7-2-1-3-8-19)27(36)33-21-15-20-9-4-5-11-24(20)32-18-21;;;;;/h1-5,7-9,11,15,18,22-23,25,31H,6,10,12-14,16-17,28-30H2,(H,33,36)(H,34,35);5*1H/p-5/t23-,25-;;;;;/m0...../s1. The van der Waals surface area contributed by atoms with Gasteiger partial charge in [0.05, 0.1) is 23.4 Å². The zero-order valence-electron chi connectivity index (χ0n) is 22.4. The molecule has 3 aromatic rings. The summed E-state index contributed by atoms with van der Waals surface area (Å²) in [6.45, 7) is 1.56. The quantitative estimate of drug-likeness (QED) is 0.0931. The molecule has 232 valence electrons. The minimum atomic E-state index is -0.743. The number of benzene rings is 2. The lowest BCUT2D eigenvalue weighted by Crippen LogP contribution is -3.00. The second kappa shape index (κ2) is 23.6. The molecule has 41 heavy (non-hydrogen) atoms. The first-order chi connectivity index (χ1) is 17.5. The van der Waals surface area contributed by atoms with E-state index in [-0.39, 0.29) is 79.9 Å². The Morgan fingerprint density at radius 1 is 0.829 bits per heavy atom. The summed E-state index contributed by atoms with van der Waals surface area (Å²) in [5.74, 6) is -0.659. The van der Waals surface area contributed by atoms with E-state index in [4.69, 9.17) is 17.2 Å². The number of nitrogens with two attached hydrogens (primary N) is 3. The number of para-hydroxylation sites is 1. The molecule has 0 unspecified atom stereocenters. The van der Waals surface area contributed by atoms with Gasteiger partial charge in [-0.3, -0.25) is 14.6 Å². The van der Waals surface area contributed by atoms with E-state index in [1.165, 1.54) is 0 Å². The lowest BCUT2D eigenvalue weighted by Gasteiger charge is -2.21. The van der Waals surface area contributed by atoms with Gasteiger partial charge >= 0.3 is 0 Å². The summed E-state index contributed by atoms with van der Waals surface area (Å²) >= 11 is 0. The van der Waals surface area contributed by atoms with Gasteiger partial charge in [0.25, 0.3) is 0 Å². The highest BCUT2D eigenvalue weighted by Crippen LogP contribution is 2.17. The number of anilines is 1. The zero-order chi connectivity index (χ0) is 25.8. The van der Waals surface area contributed by atoms with E-state index in [1.54, 1.807) is 6.20 Å². The molecular formula is C27H37Cl5N7O2-5. The van der Waals surface area contributed by atoms with Gasteiger partial charge in [-0.2, -0.15) is 0 Å². The molecule has 0 aliphatic heterocycles. The maximum atomic E-state index is 13.2. The molecule has 3 rings (SSSR count). The number of amides is 2. The molecule has 0 saturated carbocycles. The van der Waals surface area contributed by atoms with Crippen molar-refractivity contribution < 1.29 is 71.6 Å². The molecule has 0 spiro atoms. The first-order valence-electron chi connectivity index (χ1n) is 12.4. The van der Waals surface area contributed by atoms with Crippen LogP contribution in [0.25, 0.3) is 10.9 Å². The molecule has 14 heteroatoms. The van der Waals surface area contributed by atoms with Gasteiger partial charge < -0.3 is 95.2 Å². The average molecular weight is 669 g/mol.